The van der Waals surface area contributed by atoms with E-state index < -0.39 is 5.91 Å². The van der Waals surface area contributed by atoms with Crippen LogP contribution in [0.5, 0.6) is 0 Å². The van der Waals surface area contributed by atoms with Gasteiger partial charge in [0.05, 0.1) is 0 Å². The molecule has 1 atom stereocenters. The van der Waals surface area contributed by atoms with E-state index in [2.05, 4.69) is 5.32 Å². The van der Waals surface area contributed by atoms with Gasteiger partial charge in [0, 0.05) is 18.9 Å². The van der Waals surface area contributed by atoms with Crippen LogP contribution in [-0.2, 0) is 9.59 Å². The van der Waals surface area contributed by atoms with Gasteiger partial charge < -0.3 is 11.1 Å². The molecule has 0 rings (SSSR count). The summed E-state index contributed by atoms with van der Waals surface area (Å²) in [5.74, 6) is -0.444. The average Bonchev–Trinajstić information content (AvgIpc) is 1.98. The molecule has 0 saturated carbocycles. The van der Waals surface area contributed by atoms with E-state index in [-0.39, 0.29) is 18.2 Å². The molecule has 0 spiro atoms. The van der Waals surface area contributed by atoms with Gasteiger partial charge in [-0.05, 0) is 5.92 Å². The lowest BCUT2D eigenvalue weighted by Gasteiger charge is -2.11. The molecule has 0 radical (unpaired) electrons. The summed E-state index contributed by atoms with van der Waals surface area (Å²) in [5.41, 5.74) is 4.97. The highest BCUT2D eigenvalue weighted by molar-refractivity contribution is 5.84. The molecular formula is C9H18N2O2. The molecule has 0 fully saturated rings. The molecule has 0 bridgehead atoms. The molecule has 0 aromatic carbocycles. The standard InChI is InChI=1S/C9H18N2O2/c1-6(2)5-11-9(13)7(3)4-8(10)12/h6-7H,4-5H2,1-3H3,(H2,10,12)(H,11,13). The SMILES string of the molecule is CC(C)CNC(=O)C(C)CC(N)=O. The van der Waals surface area contributed by atoms with Gasteiger partial charge in [0.15, 0.2) is 0 Å². The predicted molar refractivity (Wildman–Crippen MR) is 50.8 cm³/mol. The van der Waals surface area contributed by atoms with Crippen LogP contribution in [0.2, 0.25) is 0 Å². The van der Waals surface area contributed by atoms with Crippen molar-refractivity contribution in [1.29, 1.82) is 0 Å². The molecule has 0 heterocycles. The van der Waals surface area contributed by atoms with Crippen LogP contribution in [0.25, 0.3) is 0 Å². The molecule has 3 N–H and O–H groups in total. The van der Waals surface area contributed by atoms with Gasteiger partial charge in [0.2, 0.25) is 11.8 Å². The molecule has 4 heteroatoms. The number of amides is 2. The summed E-state index contributed by atoms with van der Waals surface area (Å²) in [5, 5.41) is 2.74. The first kappa shape index (κ1) is 11.9. The number of carbonyl (C=O) groups excluding carboxylic acids is 2. The van der Waals surface area contributed by atoms with Crippen molar-refractivity contribution in [3.8, 4) is 0 Å². The first-order valence-corrected chi connectivity index (χ1v) is 4.49. The zero-order valence-corrected chi connectivity index (χ0v) is 8.46. The monoisotopic (exact) mass is 186 g/mol. The van der Waals surface area contributed by atoms with E-state index in [0.29, 0.717) is 12.5 Å². The predicted octanol–water partition coefficient (Wildman–Crippen LogP) is 0.270. The number of nitrogens with two attached hydrogens (primary N) is 1. The first-order chi connectivity index (χ1) is 5.93. The van der Waals surface area contributed by atoms with Gasteiger partial charge in [-0.3, -0.25) is 9.59 Å². The van der Waals surface area contributed by atoms with Crippen molar-refractivity contribution >= 4 is 11.8 Å². The molecule has 4 nitrogen and oxygen atoms in total. The fourth-order valence-electron chi connectivity index (χ4n) is 0.873. The van der Waals surface area contributed by atoms with Gasteiger partial charge in [-0.2, -0.15) is 0 Å². The minimum atomic E-state index is -0.438. The summed E-state index contributed by atoms with van der Waals surface area (Å²) < 4.78 is 0. The molecule has 0 aromatic heterocycles. The molecular weight excluding hydrogens is 168 g/mol. The van der Waals surface area contributed by atoms with Crippen LogP contribution in [0, 0.1) is 11.8 Å². The van der Waals surface area contributed by atoms with Gasteiger partial charge >= 0.3 is 0 Å². The lowest BCUT2D eigenvalue weighted by atomic mass is 10.1. The molecule has 13 heavy (non-hydrogen) atoms. The van der Waals surface area contributed by atoms with Crippen molar-refractivity contribution in [2.75, 3.05) is 6.54 Å². The summed E-state index contributed by atoms with van der Waals surface area (Å²) in [6, 6.07) is 0. The number of nitrogens with one attached hydrogen (secondary N) is 1. The van der Waals surface area contributed by atoms with Crippen LogP contribution in [0.4, 0.5) is 0 Å². The zero-order chi connectivity index (χ0) is 10.4. The maximum atomic E-state index is 11.3. The van der Waals surface area contributed by atoms with Crippen molar-refractivity contribution in [3.05, 3.63) is 0 Å². The first-order valence-electron chi connectivity index (χ1n) is 4.49. The molecule has 0 aromatic rings. The van der Waals surface area contributed by atoms with Gasteiger partial charge in [-0.15, -0.1) is 0 Å². The third-order valence-electron chi connectivity index (χ3n) is 1.64. The van der Waals surface area contributed by atoms with E-state index in [9.17, 15) is 9.59 Å². The van der Waals surface area contributed by atoms with Crippen LogP contribution in [0.15, 0.2) is 0 Å². The van der Waals surface area contributed by atoms with E-state index in [1.807, 2.05) is 13.8 Å². The van der Waals surface area contributed by atoms with Gasteiger partial charge in [-0.25, -0.2) is 0 Å². The fourth-order valence-corrected chi connectivity index (χ4v) is 0.873. The Morgan fingerprint density at radius 3 is 2.23 bits per heavy atom. The number of carbonyl (C=O) groups is 2. The van der Waals surface area contributed by atoms with Crippen LogP contribution < -0.4 is 11.1 Å². The third-order valence-corrected chi connectivity index (χ3v) is 1.64. The smallest absolute Gasteiger partial charge is 0.223 e. The normalized spacial score (nSPS) is 12.6. The molecule has 0 saturated heterocycles. The Balaban J connectivity index is 3.76. The third kappa shape index (κ3) is 6.13. The number of hydrogen-bond donors (Lipinski definition) is 2. The van der Waals surface area contributed by atoms with Gasteiger partial charge in [0.1, 0.15) is 0 Å². The molecule has 2 amide bonds. The number of hydrogen-bond acceptors (Lipinski definition) is 2. The summed E-state index contributed by atoms with van der Waals surface area (Å²) in [6.45, 7) is 6.36. The van der Waals surface area contributed by atoms with Crippen molar-refractivity contribution in [1.82, 2.24) is 5.32 Å². The van der Waals surface area contributed by atoms with E-state index in [0.717, 1.165) is 0 Å². The highest BCUT2D eigenvalue weighted by Gasteiger charge is 2.14. The van der Waals surface area contributed by atoms with Crippen LogP contribution >= 0.6 is 0 Å². The van der Waals surface area contributed by atoms with Crippen LogP contribution in [-0.4, -0.2) is 18.4 Å². The Morgan fingerprint density at radius 2 is 1.85 bits per heavy atom. The molecule has 1 unspecified atom stereocenters. The summed E-state index contributed by atoms with van der Waals surface area (Å²) in [6.07, 6.45) is 0.115. The molecule has 0 aliphatic heterocycles. The van der Waals surface area contributed by atoms with Crippen LogP contribution in [0.1, 0.15) is 27.2 Å². The van der Waals surface area contributed by atoms with Crippen LogP contribution in [0.3, 0.4) is 0 Å². The number of rotatable bonds is 5. The van der Waals surface area contributed by atoms with Crippen molar-refractivity contribution < 1.29 is 9.59 Å². The minimum absolute atomic E-state index is 0.104. The average molecular weight is 186 g/mol. The van der Waals surface area contributed by atoms with Crippen molar-refractivity contribution in [3.63, 3.8) is 0 Å². The Labute approximate surface area is 78.9 Å². The molecule has 0 aliphatic carbocycles. The Hall–Kier alpha value is -1.06. The summed E-state index contributed by atoms with van der Waals surface area (Å²) >= 11 is 0. The maximum Gasteiger partial charge on any atom is 0.223 e. The van der Waals surface area contributed by atoms with E-state index in [1.54, 1.807) is 6.92 Å². The summed E-state index contributed by atoms with van der Waals surface area (Å²) in [7, 11) is 0. The topological polar surface area (TPSA) is 72.2 Å². The largest absolute Gasteiger partial charge is 0.370 e. The van der Waals surface area contributed by atoms with E-state index >= 15 is 0 Å². The second-order valence-corrected chi connectivity index (χ2v) is 3.71. The Kier molecular flexibility index (Phi) is 5.11. The van der Waals surface area contributed by atoms with Gasteiger partial charge in [0.25, 0.3) is 0 Å². The van der Waals surface area contributed by atoms with E-state index in [4.69, 9.17) is 5.73 Å². The second kappa shape index (κ2) is 5.56. The van der Waals surface area contributed by atoms with E-state index in [1.165, 1.54) is 0 Å². The lowest BCUT2D eigenvalue weighted by molar-refractivity contribution is -0.128. The Morgan fingerprint density at radius 1 is 1.31 bits per heavy atom. The Bertz CT molecular complexity index is 190. The highest BCUT2D eigenvalue weighted by atomic mass is 16.2. The van der Waals surface area contributed by atoms with Crippen molar-refractivity contribution in [2.45, 2.75) is 27.2 Å². The maximum absolute atomic E-state index is 11.3. The van der Waals surface area contributed by atoms with Crippen molar-refractivity contribution in [2.24, 2.45) is 17.6 Å². The zero-order valence-electron chi connectivity index (χ0n) is 8.46. The minimum Gasteiger partial charge on any atom is -0.370 e. The molecule has 76 valence electrons. The second-order valence-electron chi connectivity index (χ2n) is 3.71. The quantitative estimate of drug-likeness (QED) is 0.647. The highest BCUT2D eigenvalue weighted by Crippen LogP contribution is 2.00. The lowest BCUT2D eigenvalue weighted by Crippen LogP contribution is -2.34. The van der Waals surface area contributed by atoms with Gasteiger partial charge in [-0.1, -0.05) is 20.8 Å². The fraction of sp³-hybridized carbons (Fsp3) is 0.778. The number of primary amides is 1. The summed E-state index contributed by atoms with van der Waals surface area (Å²) in [4.78, 5) is 21.8. The molecule has 0 aliphatic rings.